The summed E-state index contributed by atoms with van der Waals surface area (Å²) < 4.78 is 0. The molecule has 1 N–H and O–H groups in total. The highest BCUT2D eigenvalue weighted by Crippen LogP contribution is 2.18. The summed E-state index contributed by atoms with van der Waals surface area (Å²) in [5.41, 5.74) is 0.979. The molecule has 0 aromatic carbocycles. The highest BCUT2D eigenvalue weighted by molar-refractivity contribution is 5.35. The third-order valence-corrected chi connectivity index (χ3v) is 2.28. The van der Waals surface area contributed by atoms with Crippen molar-refractivity contribution in [3.05, 3.63) is 28.1 Å². The number of nitro groups is 1. The first-order valence-corrected chi connectivity index (χ1v) is 5.06. The second kappa shape index (κ2) is 5.42. The van der Waals surface area contributed by atoms with E-state index >= 15 is 0 Å². The topological polar surface area (TPSA) is 58.9 Å². The van der Waals surface area contributed by atoms with E-state index in [1.165, 1.54) is 18.9 Å². The lowest BCUT2D eigenvalue weighted by molar-refractivity contribution is -0.385. The zero-order valence-electron chi connectivity index (χ0n) is 8.45. The van der Waals surface area contributed by atoms with Gasteiger partial charge in [-0.25, -0.2) is 0 Å². The molecule has 0 saturated heterocycles. The van der Waals surface area contributed by atoms with Crippen molar-refractivity contribution in [2.75, 3.05) is 0 Å². The van der Waals surface area contributed by atoms with Gasteiger partial charge in [0, 0.05) is 12.3 Å². The highest BCUT2D eigenvalue weighted by Gasteiger charge is 2.13. The molecule has 1 rings (SSSR count). The predicted octanol–water partition coefficient (Wildman–Crippen LogP) is 3.05. The molecule has 4 heteroatoms. The Morgan fingerprint density at radius 3 is 2.86 bits per heavy atom. The SMILES string of the molecule is CCCCCCc1[nH]ccc1[N+](=O)[O-]. The number of aromatic nitrogens is 1. The van der Waals surface area contributed by atoms with Gasteiger partial charge < -0.3 is 4.98 Å². The van der Waals surface area contributed by atoms with Crippen molar-refractivity contribution in [2.45, 2.75) is 39.0 Å². The van der Waals surface area contributed by atoms with Gasteiger partial charge in [0.15, 0.2) is 0 Å². The summed E-state index contributed by atoms with van der Waals surface area (Å²) in [7, 11) is 0. The first-order chi connectivity index (χ1) is 6.75. The van der Waals surface area contributed by atoms with Crippen molar-refractivity contribution in [3.63, 3.8) is 0 Å². The van der Waals surface area contributed by atoms with Gasteiger partial charge >= 0.3 is 0 Å². The quantitative estimate of drug-likeness (QED) is 0.432. The highest BCUT2D eigenvalue weighted by atomic mass is 16.6. The number of hydrogen-bond acceptors (Lipinski definition) is 2. The average Bonchev–Trinajstić information content (AvgIpc) is 2.60. The minimum absolute atomic E-state index is 0.224. The zero-order valence-corrected chi connectivity index (χ0v) is 8.45. The van der Waals surface area contributed by atoms with Crippen LogP contribution >= 0.6 is 0 Å². The number of nitrogens with one attached hydrogen (secondary N) is 1. The Hall–Kier alpha value is -1.32. The van der Waals surface area contributed by atoms with Crippen molar-refractivity contribution < 1.29 is 4.92 Å². The summed E-state index contributed by atoms with van der Waals surface area (Å²) in [5.74, 6) is 0. The molecule has 1 aromatic heterocycles. The van der Waals surface area contributed by atoms with Crippen molar-refractivity contribution in [1.82, 2.24) is 4.98 Å². The summed E-state index contributed by atoms with van der Waals surface area (Å²) in [6.07, 6.45) is 6.97. The molecule has 4 nitrogen and oxygen atoms in total. The molecule has 0 amide bonds. The third kappa shape index (κ3) is 2.87. The second-order valence-corrected chi connectivity index (χ2v) is 3.41. The Bertz CT molecular complexity index is 294. The molecule has 0 unspecified atom stereocenters. The van der Waals surface area contributed by atoms with Gasteiger partial charge in [-0.3, -0.25) is 10.1 Å². The van der Waals surface area contributed by atoms with Crippen LogP contribution in [-0.2, 0) is 6.42 Å². The maximum absolute atomic E-state index is 10.6. The third-order valence-electron chi connectivity index (χ3n) is 2.28. The number of rotatable bonds is 6. The molecule has 1 heterocycles. The number of hydrogen-bond donors (Lipinski definition) is 1. The molecular formula is C10H16N2O2. The maximum atomic E-state index is 10.6. The van der Waals surface area contributed by atoms with E-state index in [2.05, 4.69) is 11.9 Å². The molecule has 0 aliphatic rings. The molecular weight excluding hydrogens is 180 g/mol. The number of unbranched alkanes of at least 4 members (excludes halogenated alkanes) is 3. The summed E-state index contributed by atoms with van der Waals surface area (Å²) >= 11 is 0. The maximum Gasteiger partial charge on any atom is 0.289 e. The summed E-state index contributed by atoms with van der Waals surface area (Å²) in [6, 6.07) is 1.52. The van der Waals surface area contributed by atoms with Crippen LogP contribution in [0.2, 0.25) is 0 Å². The summed E-state index contributed by atoms with van der Waals surface area (Å²) in [5, 5.41) is 10.6. The molecule has 0 saturated carbocycles. The largest absolute Gasteiger partial charge is 0.359 e. The minimum atomic E-state index is -0.328. The van der Waals surface area contributed by atoms with Gasteiger partial charge in [0.2, 0.25) is 0 Å². The standard InChI is InChI=1S/C10H16N2O2/c1-2-3-4-5-6-9-10(12(13)14)7-8-11-9/h7-8,11H,2-6H2,1H3. The van der Waals surface area contributed by atoms with E-state index in [0.29, 0.717) is 0 Å². The molecule has 78 valence electrons. The molecule has 1 aromatic rings. The smallest absolute Gasteiger partial charge is 0.289 e. The Labute approximate surface area is 83.5 Å². The van der Waals surface area contributed by atoms with E-state index in [4.69, 9.17) is 0 Å². The lowest BCUT2D eigenvalue weighted by atomic mass is 10.1. The fourth-order valence-electron chi connectivity index (χ4n) is 1.50. The van der Waals surface area contributed by atoms with Crippen molar-refractivity contribution in [1.29, 1.82) is 0 Å². The lowest BCUT2D eigenvalue weighted by Gasteiger charge is -1.97. The van der Waals surface area contributed by atoms with Gasteiger partial charge in [0.1, 0.15) is 0 Å². The van der Waals surface area contributed by atoms with Crippen LogP contribution in [0.4, 0.5) is 5.69 Å². The fourth-order valence-corrected chi connectivity index (χ4v) is 1.50. The van der Waals surface area contributed by atoms with Crippen LogP contribution in [-0.4, -0.2) is 9.91 Å². The van der Waals surface area contributed by atoms with Gasteiger partial charge in [0.05, 0.1) is 10.6 Å². The van der Waals surface area contributed by atoms with Crippen LogP contribution in [0.3, 0.4) is 0 Å². The Kier molecular flexibility index (Phi) is 4.16. The first kappa shape index (κ1) is 10.8. The Morgan fingerprint density at radius 2 is 2.21 bits per heavy atom. The molecule has 0 spiro atoms. The van der Waals surface area contributed by atoms with Crippen LogP contribution in [0.1, 0.15) is 38.3 Å². The predicted molar refractivity (Wildman–Crippen MR) is 55.3 cm³/mol. The van der Waals surface area contributed by atoms with E-state index in [0.717, 1.165) is 25.0 Å². The average molecular weight is 196 g/mol. The molecule has 14 heavy (non-hydrogen) atoms. The van der Waals surface area contributed by atoms with Crippen LogP contribution < -0.4 is 0 Å². The van der Waals surface area contributed by atoms with E-state index in [-0.39, 0.29) is 10.6 Å². The van der Waals surface area contributed by atoms with Crippen molar-refractivity contribution in [3.8, 4) is 0 Å². The Morgan fingerprint density at radius 1 is 1.43 bits per heavy atom. The van der Waals surface area contributed by atoms with E-state index in [1.54, 1.807) is 6.20 Å². The molecule has 0 aliphatic carbocycles. The van der Waals surface area contributed by atoms with E-state index in [9.17, 15) is 10.1 Å². The van der Waals surface area contributed by atoms with E-state index in [1.807, 2.05) is 0 Å². The van der Waals surface area contributed by atoms with Crippen molar-refractivity contribution in [2.24, 2.45) is 0 Å². The Balaban J connectivity index is 2.42. The van der Waals surface area contributed by atoms with E-state index < -0.39 is 0 Å². The fraction of sp³-hybridized carbons (Fsp3) is 0.600. The number of H-pyrrole nitrogens is 1. The van der Waals surface area contributed by atoms with Gasteiger partial charge in [-0.1, -0.05) is 26.2 Å². The second-order valence-electron chi connectivity index (χ2n) is 3.41. The lowest BCUT2D eigenvalue weighted by Crippen LogP contribution is -1.93. The number of aryl methyl sites for hydroxylation is 1. The van der Waals surface area contributed by atoms with Gasteiger partial charge in [0.25, 0.3) is 5.69 Å². The molecule has 0 radical (unpaired) electrons. The van der Waals surface area contributed by atoms with Crippen LogP contribution in [0, 0.1) is 10.1 Å². The first-order valence-electron chi connectivity index (χ1n) is 5.06. The summed E-state index contributed by atoms with van der Waals surface area (Å²) in [6.45, 7) is 2.15. The van der Waals surface area contributed by atoms with Crippen LogP contribution in [0.25, 0.3) is 0 Å². The summed E-state index contributed by atoms with van der Waals surface area (Å²) in [4.78, 5) is 13.2. The van der Waals surface area contributed by atoms with Gasteiger partial charge in [-0.05, 0) is 12.8 Å². The van der Waals surface area contributed by atoms with Crippen LogP contribution in [0.15, 0.2) is 12.3 Å². The van der Waals surface area contributed by atoms with Gasteiger partial charge in [-0.15, -0.1) is 0 Å². The minimum Gasteiger partial charge on any atom is -0.359 e. The monoisotopic (exact) mass is 196 g/mol. The van der Waals surface area contributed by atoms with Crippen LogP contribution in [0.5, 0.6) is 0 Å². The molecule has 0 atom stereocenters. The molecule has 0 aliphatic heterocycles. The number of aromatic amines is 1. The zero-order chi connectivity index (χ0) is 10.4. The molecule has 0 fully saturated rings. The normalized spacial score (nSPS) is 10.4. The molecule has 0 bridgehead atoms. The van der Waals surface area contributed by atoms with Gasteiger partial charge in [-0.2, -0.15) is 0 Å². The number of nitrogens with zero attached hydrogens (tertiary/aromatic N) is 1. The van der Waals surface area contributed by atoms with Crippen molar-refractivity contribution >= 4 is 5.69 Å².